The lowest BCUT2D eigenvalue weighted by atomic mass is 9.89. The monoisotopic (exact) mass is 290 g/mol. The molecule has 0 aliphatic heterocycles. The molecule has 1 saturated carbocycles. The Balaban J connectivity index is 1.77. The van der Waals surface area contributed by atoms with Crippen molar-refractivity contribution in [3.8, 4) is 0 Å². The average molecular weight is 290 g/mol. The van der Waals surface area contributed by atoms with E-state index in [2.05, 4.69) is 10.9 Å². The van der Waals surface area contributed by atoms with Crippen LogP contribution in [-0.2, 0) is 9.59 Å². The van der Waals surface area contributed by atoms with E-state index in [1.807, 2.05) is 0 Å². The van der Waals surface area contributed by atoms with Gasteiger partial charge in [-0.3, -0.25) is 20.4 Å². The quantitative estimate of drug-likeness (QED) is 0.664. The summed E-state index contributed by atoms with van der Waals surface area (Å²) in [6.07, 6.45) is 7.80. The largest absolute Gasteiger partial charge is 0.273 e. The van der Waals surface area contributed by atoms with Crippen LogP contribution in [0.2, 0.25) is 0 Å². The van der Waals surface area contributed by atoms with Crippen molar-refractivity contribution in [1.29, 1.82) is 0 Å². The van der Waals surface area contributed by atoms with Crippen molar-refractivity contribution < 1.29 is 14.0 Å². The highest BCUT2D eigenvalue weighted by atomic mass is 19.1. The SMILES string of the molecule is O=C(C=Cc1cccc(F)c1)NNC(=O)C1CCCCC1. The van der Waals surface area contributed by atoms with E-state index >= 15 is 0 Å². The lowest BCUT2D eigenvalue weighted by molar-refractivity contribution is -0.130. The van der Waals surface area contributed by atoms with E-state index < -0.39 is 5.91 Å². The van der Waals surface area contributed by atoms with Gasteiger partial charge in [-0.25, -0.2) is 4.39 Å². The van der Waals surface area contributed by atoms with E-state index in [1.165, 1.54) is 30.7 Å². The van der Waals surface area contributed by atoms with Crippen molar-refractivity contribution >= 4 is 17.9 Å². The molecule has 1 aromatic rings. The molecule has 0 unspecified atom stereocenters. The number of hydrazine groups is 1. The molecule has 0 aromatic heterocycles. The minimum Gasteiger partial charge on any atom is -0.273 e. The minimum absolute atomic E-state index is 0.00810. The number of rotatable bonds is 3. The van der Waals surface area contributed by atoms with Gasteiger partial charge in [0.25, 0.3) is 5.91 Å². The fourth-order valence-corrected chi connectivity index (χ4v) is 2.41. The number of halogens is 1. The Bertz CT molecular complexity index is 537. The third-order valence-electron chi connectivity index (χ3n) is 3.56. The highest BCUT2D eigenvalue weighted by Crippen LogP contribution is 2.23. The molecule has 2 N–H and O–H groups in total. The van der Waals surface area contributed by atoms with E-state index in [1.54, 1.807) is 12.1 Å². The lowest BCUT2D eigenvalue weighted by Crippen LogP contribution is -2.44. The summed E-state index contributed by atoms with van der Waals surface area (Å²) >= 11 is 0. The van der Waals surface area contributed by atoms with Crippen molar-refractivity contribution in [3.63, 3.8) is 0 Å². The van der Waals surface area contributed by atoms with Gasteiger partial charge in [-0.05, 0) is 36.6 Å². The molecule has 1 fully saturated rings. The first kappa shape index (κ1) is 15.2. The number of hydrogen-bond acceptors (Lipinski definition) is 2. The van der Waals surface area contributed by atoms with Gasteiger partial charge in [0.15, 0.2) is 0 Å². The van der Waals surface area contributed by atoms with Gasteiger partial charge in [-0.15, -0.1) is 0 Å². The zero-order valence-corrected chi connectivity index (χ0v) is 11.8. The van der Waals surface area contributed by atoms with Gasteiger partial charge in [-0.1, -0.05) is 31.4 Å². The molecule has 1 aliphatic rings. The van der Waals surface area contributed by atoms with Crippen LogP contribution in [0.15, 0.2) is 30.3 Å². The van der Waals surface area contributed by atoms with Crippen molar-refractivity contribution in [2.24, 2.45) is 5.92 Å². The van der Waals surface area contributed by atoms with E-state index in [-0.39, 0.29) is 17.6 Å². The van der Waals surface area contributed by atoms with Gasteiger partial charge in [0.2, 0.25) is 5.91 Å². The standard InChI is InChI=1S/C16H19FN2O2/c17-14-8-4-5-12(11-14)9-10-15(20)18-19-16(21)13-6-2-1-3-7-13/h4-5,8-11,13H,1-3,6-7H2,(H,18,20)(H,19,21). The lowest BCUT2D eigenvalue weighted by Gasteiger charge is -2.20. The first-order valence-electron chi connectivity index (χ1n) is 7.18. The highest BCUT2D eigenvalue weighted by molar-refractivity contribution is 5.93. The first-order valence-corrected chi connectivity index (χ1v) is 7.18. The Morgan fingerprint density at radius 1 is 1.14 bits per heavy atom. The number of benzene rings is 1. The second-order valence-electron chi connectivity index (χ2n) is 5.20. The van der Waals surface area contributed by atoms with Crippen LogP contribution in [0.25, 0.3) is 6.08 Å². The number of carbonyl (C=O) groups excluding carboxylic acids is 2. The van der Waals surface area contributed by atoms with E-state index in [0.717, 1.165) is 25.7 Å². The van der Waals surface area contributed by atoms with Crippen molar-refractivity contribution in [1.82, 2.24) is 10.9 Å². The maximum Gasteiger partial charge on any atom is 0.262 e. The summed E-state index contributed by atoms with van der Waals surface area (Å²) < 4.78 is 13.0. The maximum absolute atomic E-state index is 13.0. The predicted octanol–water partition coefficient (Wildman–Crippen LogP) is 2.57. The molecular weight excluding hydrogens is 271 g/mol. The normalized spacial score (nSPS) is 15.9. The molecule has 0 bridgehead atoms. The fraction of sp³-hybridized carbons (Fsp3) is 0.375. The van der Waals surface area contributed by atoms with Crippen LogP contribution in [0.1, 0.15) is 37.7 Å². The zero-order chi connectivity index (χ0) is 15.1. The Morgan fingerprint density at radius 3 is 2.62 bits per heavy atom. The van der Waals surface area contributed by atoms with Crippen LogP contribution in [-0.4, -0.2) is 11.8 Å². The van der Waals surface area contributed by atoms with Crippen LogP contribution in [0, 0.1) is 11.7 Å². The van der Waals surface area contributed by atoms with Gasteiger partial charge < -0.3 is 0 Å². The van der Waals surface area contributed by atoms with Gasteiger partial charge in [-0.2, -0.15) is 0 Å². The van der Waals surface area contributed by atoms with Gasteiger partial charge in [0.05, 0.1) is 0 Å². The molecule has 0 heterocycles. The number of nitrogens with one attached hydrogen (secondary N) is 2. The van der Waals surface area contributed by atoms with Crippen LogP contribution in [0.4, 0.5) is 4.39 Å². The fourth-order valence-electron chi connectivity index (χ4n) is 2.41. The Kier molecular flexibility index (Phi) is 5.49. The Labute approximate surface area is 123 Å². The molecule has 21 heavy (non-hydrogen) atoms. The summed E-state index contributed by atoms with van der Waals surface area (Å²) in [5.74, 6) is -0.944. The second-order valence-corrected chi connectivity index (χ2v) is 5.20. The molecule has 0 radical (unpaired) electrons. The molecule has 4 nitrogen and oxygen atoms in total. The van der Waals surface area contributed by atoms with E-state index in [0.29, 0.717) is 5.56 Å². The smallest absolute Gasteiger partial charge is 0.262 e. The van der Waals surface area contributed by atoms with Crippen LogP contribution >= 0.6 is 0 Å². The Morgan fingerprint density at radius 2 is 1.90 bits per heavy atom. The Hall–Kier alpha value is -2.17. The summed E-state index contributed by atoms with van der Waals surface area (Å²) in [6.45, 7) is 0. The molecular formula is C16H19FN2O2. The average Bonchev–Trinajstić information content (AvgIpc) is 2.51. The molecule has 2 amide bonds. The van der Waals surface area contributed by atoms with Crippen molar-refractivity contribution in [2.45, 2.75) is 32.1 Å². The van der Waals surface area contributed by atoms with Gasteiger partial charge in [0, 0.05) is 12.0 Å². The molecule has 1 aromatic carbocycles. The molecule has 2 rings (SSSR count). The maximum atomic E-state index is 13.0. The molecule has 1 aliphatic carbocycles. The summed E-state index contributed by atoms with van der Waals surface area (Å²) in [5.41, 5.74) is 5.37. The summed E-state index contributed by atoms with van der Waals surface area (Å²) in [7, 11) is 0. The predicted molar refractivity (Wildman–Crippen MR) is 78.3 cm³/mol. The molecule has 5 heteroatoms. The topological polar surface area (TPSA) is 58.2 Å². The van der Waals surface area contributed by atoms with Gasteiger partial charge in [0.1, 0.15) is 5.82 Å². The van der Waals surface area contributed by atoms with Crippen molar-refractivity contribution in [3.05, 3.63) is 41.7 Å². The zero-order valence-electron chi connectivity index (χ0n) is 11.8. The minimum atomic E-state index is -0.441. The summed E-state index contributed by atoms with van der Waals surface area (Å²) in [6, 6.07) is 5.91. The highest BCUT2D eigenvalue weighted by Gasteiger charge is 2.20. The molecule has 0 spiro atoms. The van der Waals surface area contributed by atoms with Crippen LogP contribution in [0.3, 0.4) is 0 Å². The molecule has 0 atom stereocenters. The van der Waals surface area contributed by atoms with Gasteiger partial charge >= 0.3 is 0 Å². The first-order chi connectivity index (χ1) is 10.1. The third-order valence-corrected chi connectivity index (χ3v) is 3.56. The number of carbonyl (C=O) groups is 2. The van der Waals surface area contributed by atoms with Crippen LogP contribution < -0.4 is 10.9 Å². The third kappa shape index (κ3) is 5.02. The van der Waals surface area contributed by atoms with Crippen LogP contribution in [0.5, 0.6) is 0 Å². The number of amides is 2. The van der Waals surface area contributed by atoms with Crippen molar-refractivity contribution in [2.75, 3.05) is 0 Å². The van der Waals surface area contributed by atoms with E-state index in [9.17, 15) is 14.0 Å². The molecule has 112 valence electrons. The summed E-state index contributed by atoms with van der Waals surface area (Å²) in [4.78, 5) is 23.4. The number of hydrogen-bond donors (Lipinski definition) is 2. The van der Waals surface area contributed by atoms with E-state index in [4.69, 9.17) is 0 Å². The second kappa shape index (κ2) is 7.57. The molecule has 0 saturated heterocycles. The summed E-state index contributed by atoms with van der Waals surface area (Å²) in [5, 5.41) is 0.